The summed E-state index contributed by atoms with van der Waals surface area (Å²) in [4.78, 5) is 22.5. The van der Waals surface area contributed by atoms with E-state index in [1.165, 1.54) is 24.3 Å². The van der Waals surface area contributed by atoms with Gasteiger partial charge in [-0.25, -0.2) is 4.79 Å². The number of hydrogen-bond donors (Lipinski definition) is 0. The standard InChI is InChI=1S/C19H13N3O6/c1-11-14-4-2-3-5-15(14)27-17(11)19(23)26-10-16-20-21-18(28-16)12-6-8-13(9-7-12)22(24)25/h2-9H,10H2,1H3. The van der Waals surface area contributed by atoms with Gasteiger partial charge < -0.3 is 13.6 Å². The third-order valence-corrected chi connectivity index (χ3v) is 4.15. The van der Waals surface area contributed by atoms with Crippen molar-refractivity contribution in [1.29, 1.82) is 0 Å². The van der Waals surface area contributed by atoms with E-state index in [-0.39, 0.29) is 29.8 Å². The summed E-state index contributed by atoms with van der Waals surface area (Å²) in [6.07, 6.45) is 0. The second-order valence-corrected chi connectivity index (χ2v) is 5.93. The van der Waals surface area contributed by atoms with E-state index in [9.17, 15) is 14.9 Å². The smallest absolute Gasteiger partial charge is 0.375 e. The number of para-hydroxylation sites is 1. The Kier molecular flexibility index (Phi) is 4.32. The number of nitro benzene ring substituents is 1. The highest BCUT2D eigenvalue weighted by molar-refractivity contribution is 5.95. The number of non-ortho nitro benzene ring substituents is 1. The van der Waals surface area contributed by atoms with E-state index in [0.717, 1.165) is 5.39 Å². The Labute approximate surface area is 157 Å². The van der Waals surface area contributed by atoms with Gasteiger partial charge in [-0.3, -0.25) is 10.1 Å². The van der Waals surface area contributed by atoms with Crippen molar-refractivity contribution in [2.24, 2.45) is 0 Å². The van der Waals surface area contributed by atoms with Crippen molar-refractivity contribution < 1.29 is 23.3 Å². The maximum absolute atomic E-state index is 12.3. The number of nitro groups is 1. The van der Waals surface area contributed by atoms with Crippen LogP contribution < -0.4 is 0 Å². The van der Waals surface area contributed by atoms with E-state index in [1.807, 2.05) is 18.2 Å². The van der Waals surface area contributed by atoms with E-state index in [4.69, 9.17) is 13.6 Å². The van der Waals surface area contributed by atoms with E-state index in [0.29, 0.717) is 16.7 Å². The Bertz CT molecular complexity index is 1180. The topological polar surface area (TPSA) is 122 Å². The zero-order chi connectivity index (χ0) is 19.7. The van der Waals surface area contributed by atoms with Gasteiger partial charge in [-0.2, -0.15) is 0 Å². The zero-order valence-corrected chi connectivity index (χ0v) is 14.6. The Hall–Kier alpha value is -4.01. The Morgan fingerprint density at radius 2 is 1.86 bits per heavy atom. The molecule has 28 heavy (non-hydrogen) atoms. The fraction of sp³-hybridized carbons (Fsp3) is 0.105. The Morgan fingerprint density at radius 3 is 2.57 bits per heavy atom. The van der Waals surface area contributed by atoms with Gasteiger partial charge in [0.2, 0.25) is 11.7 Å². The van der Waals surface area contributed by atoms with E-state index in [1.54, 1.807) is 13.0 Å². The molecule has 2 aromatic heterocycles. The van der Waals surface area contributed by atoms with Gasteiger partial charge in [0, 0.05) is 28.6 Å². The largest absolute Gasteiger partial charge is 0.450 e. The molecule has 9 nitrogen and oxygen atoms in total. The summed E-state index contributed by atoms with van der Waals surface area (Å²) in [5, 5.41) is 19.2. The number of esters is 1. The quantitative estimate of drug-likeness (QED) is 0.289. The maximum atomic E-state index is 12.3. The average Bonchev–Trinajstić information content (AvgIpc) is 3.31. The summed E-state index contributed by atoms with van der Waals surface area (Å²) in [5.41, 5.74) is 1.77. The van der Waals surface area contributed by atoms with Gasteiger partial charge >= 0.3 is 5.97 Å². The van der Waals surface area contributed by atoms with Crippen molar-refractivity contribution in [1.82, 2.24) is 10.2 Å². The summed E-state index contributed by atoms with van der Waals surface area (Å²) in [6, 6.07) is 13.0. The number of aryl methyl sites for hydroxylation is 1. The number of rotatable bonds is 5. The van der Waals surface area contributed by atoms with Crippen LogP contribution in [-0.2, 0) is 11.3 Å². The monoisotopic (exact) mass is 379 g/mol. The predicted molar refractivity (Wildman–Crippen MR) is 96.5 cm³/mol. The summed E-state index contributed by atoms with van der Waals surface area (Å²) in [6.45, 7) is 1.55. The molecule has 140 valence electrons. The highest BCUT2D eigenvalue weighted by Crippen LogP contribution is 2.26. The molecule has 2 aromatic carbocycles. The van der Waals surface area contributed by atoms with Crippen molar-refractivity contribution in [3.05, 3.63) is 75.9 Å². The first kappa shape index (κ1) is 17.4. The average molecular weight is 379 g/mol. The molecule has 0 N–H and O–H groups in total. The van der Waals surface area contributed by atoms with Gasteiger partial charge in [-0.15, -0.1) is 10.2 Å². The summed E-state index contributed by atoms with van der Waals surface area (Å²) >= 11 is 0. The van der Waals surface area contributed by atoms with Crippen molar-refractivity contribution in [3.63, 3.8) is 0 Å². The third-order valence-electron chi connectivity index (χ3n) is 4.15. The van der Waals surface area contributed by atoms with E-state index in [2.05, 4.69) is 10.2 Å². The second kappa shape index (κ2) is 6.95. The minimum absolute atomic E-state index is 0.0429. The molecule has 4 rings (SSSR count). The molecule has 0 aliphatic carbocycles. The summed E-state index contributed by atoms with van der Waals surface area (Å²) < 4.78 is 16.2. The summed E-state index contributed by atoms with van der Waals surface area (Å²) in [7, 11) is 0. The van der Waals surface area contributed by atoms with Crippen LogP contribution in [0.5, 0.6) is 0 Å². The third kappa shape index (κ3) is 3.20. The molecule has 0 atom stereocenters. The number of carbonyl (C=O) groups is 1. The highest BCUT2D eigenvalue weighted by Gasteiger charge is 2.20. The molecule has 0 aliphatic heterocycles. The number of fused-ring (bicyclic) bond motifs is 1. The van der Waals surface area contributed by atoms with Crippen molar-refractivity contribution in [2.45, 2.75) is 13.5 Å². The fourth-order valence-electron chi connectivity index (χ4n) is 2.72. The molecule has 2 heterocycles. The molecular weight excluding hydrogens is 366 g/mol. The van der Waals surface area contributed by atoms with Gasteiger partial charge in [0.15, 0.2) is 6.61 Å². The molecule has 0 amide bonds. The first-order valence-corrected chi connectivity index (χ1v) is 8.25. The number of aromatic nitrogens is 2. The van der Waals surface area contributed by atoms with Gasteiger partial charge in [0.25, 0.3) is 11.6 Å². The van der Waals surface area contributed by atoms with Crippen LogP contribution in [0, 0.1) is 17.0 Å². The first-order valence-electron chi connectivity index (χ1n) is 8.25. The SMILES string of the molecule is Cc1c(C(=O)OCc2nnc(-c3ccc([N+](=O)[O-])cc3)o2)oc2ccccc12. The van der Waals surface area contributed by atoms with Crippen LogP contribution in [0.4, 0.5) is 5.69 Å². The van der Waals surface area contributed by atoms with Crippen LogP contribution in [-0.4, -0.2) is 21.1 Å². The predicted octanol–water partition coefficient (Wildman–Crippen LogP) is 4.06. The van der Waals surface area contributed by atoms with Gasteiger partial charge in [-0.1, -0.05) is 18.2 Å². The van der Waals surface area contributed by atoms with Crippen LogP contribution in [0.1, 0.15) is 22.0 Å². The molecule has 0 aliphatic rings. The number of hydrogen-bond acceptors (Lipinski definition) is 8. The van der Waals surface area contributed by atoms with Gasteiger partial charge in [0.05, 0.1) is 4.92 Å². The Morgan fingerprint density at radius 1 is 1.11 bits per heavy atom. The van der Waals surface area contributed by atoms with Crippen LogP contribution in [0.2, 0.25) is 0 Å². The van der Waals surface area contributed by atoms with E-state index < -0.39 is 10.9 Å². The molecule has 0 fully saturated rings. The maximum Gasteiger partial charge on any atom is 0.375 e. The molecule has 4 aromatic rings. The molecule has 0 saturated heterocycles. The molecule has 0 saturated carbocycles. The minimum Gasteiger partial charge on any atom is -0.450 e. The molecule has 0 unspecified atom stereocenters. The second-order valence-electron chi connectivity index (χ2n) is 5.93. The van der Waals surface area contributed by atoms with Crippen molar-refractivity contribution >= 4 is 22.6 Å². The molecule has 9 heteroatoms. The van der Waals surface area contributed by atoms with Gasteiger partial charge in [-0.05, 0) is 25.1 Å². The van der Waals surface area contributed by atoms with Crippen molar-refractivity contribution in [2.75, 3.05) is 0 Å². The Balaban J connectivity index is 1.46. The van der Waals surface area contributed by atoms with Crippen LogP contribution in [0.15, 0.2) is 57.4 Å². The number of benzene rings is 2. The lowest BCUT2D eigenvalue weighted by Crippen LogP contribution is -2.05. The van der Waals surface area contributed by atoms with Gasteiger partial charge in [0.1, 0.15) is 5.58 Å². The van der Waals surface area contributed by atoms with Crippen LogP contribution in [0.25, 0.3) is 22.4 Å². The first-order chi connectivity index (χ1) is 13.5. The summed E-state index contributed by atoms with van der Waals surface area (Å²) in [5.74, 6) is -0.253. The fourth-order valence-corrected chi connectivity index (χ4v) is 2.72. The molecule has 0 bridgehead atoms. The van der Waals surface area contributed by atoms with E-state index >= 15 is 0 Å². The zero-order valence-electron chi connectivity index (χ0n) is 14.6. The lowest BCUT2D eigenvalue weighted by molar-refractivity contribution is -0.384. The van der Waals surface area contributed by atoms with Crippen LogP contribution in [0.3, 0.4) is 0 Å². The number of furan rings is 1. The molecule has 0 radical (unpaired) electrons. The number of nitrogens with zero attached hydrogens (tertiary/aromatic N) is 3. The molecule has 0 spiro atoms. The number of carbonyl (C=O) groups excluding carboxylic acids is 1. The lowest BCUT2D eigenvalue weighted by atomic mass is 10.1. The number of ether oxygens (including phenoxy) is 1. The molecular formula is C19H13N3O6. The van der Waals surface area contributed by atoms with Crippen molar-refractivity contribution in [3.8, 4) is 11.5 Å². The highest BCUT2D eigenvalue weighted by atomic mass is 16.6. The van der Waals surface area contributed by atoms with Crippen LogP contribution >= 0.6 is 0 Å². The minimum atomic E-state index is -0.635. The normalized spacial score (nSPS) is 10.9. The lowest BCUT2D eigenvalue weighted by Gasteiger charge is -2.00.